The van der Waals surface area contributed by atoms with Crippen molar-refractivity contribution in [3.8, 4) is 0 Å². The van der Waals surface area contributed by atoms with Crippen LogP contribution in [0.15, 0.2) is 54.6 Å². The first-order valence-electron chi connectivity index (χ1n) is 9.54. The molecule has 0 aliphatic rings. The number of aryl methyl sites for hydroxylation is 4. The second kappa shape index (κ2) is 9.13. The smallest absolute Gasteiger partial charge is 0.274 e. The topological polar surface area (TPSA) is 66.9 Å². The molecule has 0 saturated carbocycles. The number of nitrogens with one attached hydrogen (secondary N) is 2. The zero-order chi connectivity index (χ0) is 19.9. The van der Waals surface area contributed by atoms with Gasteiger partial charge in [0.2, 0.25) is 0 Å². The molecular weight excluding hydrogens is 348 g/mol. The average molecular weight is 374 g/mol. The molecule has 0 fully saturated rings. The summed E-state index contributed by atoms with van der Waals surface area (Å²) in [6.45, 7) is 6.54. The highest BCUT2D eigenvalue weighted by molar-refractivity contribution is 6.04. The molecule has 0 aliphatic heterocycles. The molecule has 0 saturated heterocycles. The van der Waals surface area contributed by atoms with E-state index in [2.05, 4.69) is 44.9 Å². The quantitative estimate of drug-likeness (QED) is 0.588. The normalized spacial score (nSPS) is 10.5. The lowest BCUT2D eigenvalue weighted by molar-refractivity contribution is 0.102. The van der Waals surface area contributed by atoms with Crippen LogP contribution in [-0.4, -0.2) is 22.4 Å². The zero-order valence-corrected chi connectivity index (χ0v) is 16.6. The van der Waals surface area contributed by atoms with Crippen LogP contribution in [0.3, 0.4) is 0 Å². The monoisotopic (exact) mass is 374 g/mol. The van der Waals surface area contributed by atoms with Crippen LogP contribution < -0.4 is 10.6 Å². The number of anilines is 2. The third-order valence-electron chi connectivity index (χ3n) is 4.58. The standard InChI is InChI=1S/C23H26N4O/c1-16-9-7-10-17(2)22(16)27-23(28)20-15-21(26-18(3)25-20)24-14-8-13-19-11-5-4-6-12-19/h4-7,9-12,15H,8,13-14H2,1-3H3,(H,27,28)(H,24,25,26). The van der Waals surface area contributed by atoms with Crippen molar-refractivity contribution in [2.45, 2.75) is 33.6 Å². The third kappa shape index (κ3) is 5.16. The number of rotatable bonds is 7. The van der Waals surface area contributed by atoms with Crippen molar-refractivity contribution in [2.24, 2.45) is 0 Å². The van der Waals surface area contributed by atoms with Crippen molar-refractivity contribution in [3.63, 3.8) is 0 Å². The number of hydrogen-bond donors (Lipinski definition) is 2. The summed E-state index contributed by atoms with van der Waals surface area (Å²) >= 11 is 0. The second-order valence-electron chi connectivity index (χ2n) is 6.92. The Bertz CT molecular complexity index is 934. The van der Waals surface area contributed by atoms with Gasteiger partial charge in [0.05, 0.1) is 0 Å². The molecule has 0 radical (unpaired) electrons. The molecule has 0 aliphatic carbocycles. The van der Waals surface area contributed by atoms with Crippen LogP contribution in [-0.2, 0) is 6.42 Å². The number of nitrogens with zero attached hydrogens (tertiary/aromatic N) is 2. The molecule has 1 heterocycles. The molecular formula is C23H26N4O. The maximum Gasteiger partial charge on any atom is 0.274 e. The van der Waals surface area contributed by atoms with E-state index in [-0.39, 0.29) is 5.91 Å². The molecule has 0 spiro atoms. The molecule has 5 nitrogen and oxygen atoms in total. The Morgan fingerprint density at radius 3 is 2.36 bits per heavy atom. The lowest BCUT2D eigenvalue weighted by Crippen LogP contribution is -2.17. The van der Waals surface area contributed by atoms with Gasteiger partial charge in [-0.05, 0) is 50.3 Å². The SMILES string of the molecule is Cc1nc(NCCCc2ccccc2)cc(C(=O)Nc2c(C)cccc2C)n1. The number of carbonyl (C=O) groups is 1. The van der Waals surface area contributed by atoms with E-state index in [0.717, 1.165) is 36.2 Å². The number of para-hydroxylation sites is 1. The Kier molecular flexibility index (Phi) is 6.37. The lowest BCUT2D eigenvalue weighted by atomic mass is 10.1. The molecule has 2 aromatic carbocycles. The van der Waals surface area contributed by atoms with Gasteiger partial charge >= 0.3 is 0 Å². The first-order chi connectivity index (χ1) is 13.5. The van der Waals surface area contributed by atoms with Gasteiger partial charge in [0.1, 0.15) is 17.3 Å². The number of hydrogen-bond acceptors (Lipinski definition) is 4. The van der Waals surface area contributed by atoms with Crippen LogP contribution in [0.25, 0.3) is 0 Å². The Hall–Kier alpha value is -3.21. The summed E-state index contributed by atoms with van der Waals surface area (Å²) in [5.41, 5.74) is 4.57. The fourth-order valence-electron chi connectivity index (χ4n) is 3.12. The summed E-state index contributed by atoms with van der Waals surface area (Å²) < 4.78 is 0. The van der Waals surface area contributed by atoms with Crippen LogP contribution in [0.4, 0.5) is 11.5 Å². The summed E-state index contributed by atoms with van der Waals surface area (Å²) in [5, 5.41) is 6.29. The number of amides is 1. The summed E-state index contributed by atoms with van der Waals surface area (Å²) in [6.07, 6.45) is 1.98. The van der Waals surface area contributed by atoms with Crippen molar-refractivity contribution in [2.75, 3.05) is 17.2 Å². The zero-order valence-electron chi connectivity index (χ0n) is 16.6. The van der Waals surface area contributed by atoms with E-state index in [4.69, 9.17) is 0 Å². The minimum atomic E-state index is -0.227. The van der Waals surface area contributed by atoms with E-state index < -0.39 is 0 Å². The van der Waals surface area contributed by atoms with Crippen LogP contribution in [0, 0.1) is 20.8 Å². The van der Waals surface area contributed by atoms with E-state index in [1.165, 1.54) is 5.56 Å². The van der Waals surface area contributed by atoms with Crippen molar-refractivity contribution >= 4 is 17.4 Å². The summed E-state index contributed by atoms with van der Waals surface area (Å²) in [6, 6.07) is 18.0. The molecule has 28 heavy (non-hydrogen) atoms. The largest absolute Gasteiger partial charge is 0.370 e. The molecule has 3 rings (SSSR count). The molecule has 1 aromatic heterocycles. The van der Waals surface area contributed by atoms with E-state index in [1.807, 2.05) is 38.1 Å². The number of carbonyl (C=O) groups excluding carboxylic acids is 1. The van der Waals surface area contributed by atoms with Gasteiger partial charge in [0, 0.05) is 18.3 Å². The Labute approximate surface area is 166 Å². The van der Waals surface area contributed by atoms with Crippen molar-refractivity contribution < 1.29 is 4.79 Å². The number of benzene rings is 2. The van der Waals surface area contributed by atoms with Gasteiger partial charge in [-0.2, -0.15) is 0 Å². The van der Waals surface area contributed by atoms with Crippen LogP contribution >= 0.6 is 0 Å². The van der Waals surface area contributed by atoms with Crippen LogP contribution in [0.2, 0.25) is 0 Å². The molecule has 0 bridgehead atoms. The van der Waals surface area contributed by atoms with E-state index in [0.29, 0.717) is 17.3 Å². The van der Waals surface area contributed by atoms with Gasteiger partial charge in [-0.15, -0.1) is 0 Å². The summed E-state index contributed by atoms with van der Waals surface area (Å²) in [7, 11) is 0. The van der Waals surface area contributed by atoms with Crippen LogP contribution in [0.5, 0.6) is 0 Å². The van der Waals surface area contributed by atoms with Crippen molar-refractivity contribution in [1.82, 2.24) is 9.97 Å². The Morgan fingerprint density at radius 1 is 0.929 bits per heavy atom. The molecule has 1 amide bonds. The maximum absolute atomic E-state index is 12.7. The molecule has 5 heteroatoms. The third-order valence-corrected chi connectivity index (χ3v) is 4.58. The van der Waals surface area contributed by atoms with Gasteiger partial charge in [0.25, 0.3) is 5.91 Å². The van der Waals surface area contributed by atoms with Gasteiger partial charge in [-0.3, -0.25) is 4.79 Å². The summed E-state index contributed by atoms with van der Waals surface area (Å²) in [5.74, 6) is 1.02. The van der Waals surface area contributed by atoms with Gasteiger partial charge in [0.15, 0.2) is 0 Å². The van der Waals surface area contributed by atoms with Crippen molar-refractivity contribution in [3.05, 3.63) is 82.8 Å². The van der Waals surface area contributed by atoms with Crippen molar-refractivity contribution in [1.29, 1.82) is 0 Å². The average Bonchev–Trinajstić information content (AvgIpc) is 2.68. The fraction of sp³-hybridized carbons (Fsp3) is 0.261. The molecule has 144 valence electrons. The Morgan fingerprint density at radius 2 is 1.64 bits per heavy atom. The van der Waals surface area contributed by atoms with Gasteiger partial charge in [-0.1, -0.05) is 48.5 Å². The Balaban J connectivity index is 1.63. The van der Waals surface area contributed by atoms with Gasteiger partial charge < -0.3 is 10.6 Å². The highest BCUT2D eigenvalue weighted by Crippen LogP contribution is 2.20. The highest BCUT2D eigenvalue weighted by atomic mass is 16.1. The van der Waals surface area contributed by atoms with Gasteiger partial charge in [-0.25, -0.2) is 9.97 Å². The minimum absolute atomic E-state index is 0.227. The fourth-order valence-corrected chi connectivity index (χ4v) is 3.12. The van der Waals surface area contributed by atoms with Crippen LogP contribution in [0.1, 0.15) is 39.4 Å². The predicted molar refractivity (Wildman–Crippen MR) is 114 cm³/mol. The molecule has 0 atom stereocenters. The van der Waals surface area contributed by atoms with E-state index in [1.54, 1.807) is 13.0 Å². The first-order valence-corrected chi connectivity index (χ1v) is 9.54. The second-order valence-corrected chi connectivity index (χ2v) is 6.92. The molecule has 0 unspecified atom stereocenters. The molecule has 3 aromatic rings. The van der Waals surface area contributed by atoms with E-state index >= 15 is 0 Å². The highest BCUT2D eigenvalue weighted by Gasteiger charge is 2.13. The predicted octanol–water partition coefficient (Wildman–Crippen LogP) is 4.70. The lowest BCUT2D eigenvalue weighted by Gasteiger charge is -2.12. The summed E-state index contributed by atoms with van der Waals surface area (Å²) in [4.78, 5) is 21.4. The maximum atomic E-state index is 12.7. The minimum Gasteiger partial charge on any atom is -0.370 e. The first kappa shape index (κ1) is 19.5. The van der Waals surface area contributed by atoms with E-state index in [9.17, 15) is 4.79 Å². The number of aromatic nitrogens is 2. The molecule has 2 N–H and O–H groups in total.